The highest BCUT2D eigenvalue weighted by Gasteiger charge is 2.32. The molecule has 5 nitrogen and oxygen atoms in total. The number of hydrogen-bond donors (Lipinski definition) is 0. The smallest absolute Gasteiger partial charge is 0.353 e. The highest BCUT2D eigenvalue weighted by atomic mass is 16.6. The van der Waals surface area contributed by atoms with Crippen LogP contribution in [0.5, 0.6) is 5.75 Å². The lowest BCUT2D eigenvalue weighted by atomic mass is 9.99. The van der Waals surface area contributed by atoms with Gasteiger partial charge in [-0.15, -0.1) is 0 Å². The summed E-state index contributed by atoms with van der Waals surface area (Å²) in [5.74, 6) is -0.931. The minimum Gasteiger partial charge on any atom is -0.446 e. The monoisotopic (exact) mass is 310 g/mol. The zero-order chi connectivity index (χ0) is 16.4. The second-order valence-corrected chi connectivity index (χ2v) is 5.26. The van der Waals surface area contributed by atoms with Crippen molar-refractivity contribution in [3.63, 3.8) is 0 Å². The van der Waals surface area contributed by atoms with E-state index in [1.165, 1.54) is 19.1 Å². The van der Waals surface area contributed by atoms with E-state index in [1.807, 2.05) is 0 Å². The highest BCUT2D eigenvalue weighted by Crippen LogP contribution is 2.22. The number of carbonyl (C=O) groups is 3. The summed E-state index contributed by atoms with van der Waals surface area (Å²) in [5.41, 5.74) is 1.77. The van der Waals surface area contributed by atoms with Crippen molar-refractivity contribution in [2.75, 3.05) is 0 Å². The summed E-state index contributed by atoms with van der Waals surface area (Å²) >= 11 is 0. The first-order valence-electron chi connectivity index (χ1n) is 7.16. The molecule has 3 rings (SSSR count). The Kier molecular flexibility index (Phi) is 3.93. The molecule has 0 fully saturated rings. The number of carbonyl (C=O) groups excluding carboxylic acids is 3. The van der Waals surface area contributed by atoms with Crippen molar-refractivity contribution in [1.82, 2.24) is 0 Å². The van der Waals surface area contributed by atoms with Crippen molar-refractivity contribution in [2.24, 2.45) is 0 Å². The normalized spacial score (nSPS) is 16.2. The Morgan fingerprint density at radius 3 is 2.48 bits per heavy atom. The lowest BCUT2D eigenvalue weighted by Crippen LogP contribution is -2.36. The predicted octanol–water partition coefficient (Wildman–Crippen LogP) is 2.58. The SMILES string of the molecule is CC(=O)c1ccc(OC(=O)[C@H]2Cc3ccccc3C(=O)O2)cc1. The zero-order valence-electron chi connectivity index (χ0n) is 12.4. The Morgan fingerprint density at radius 2 is 1.78 bits per heavy atom. The van der Waals surface area contributed by atoms with Crippen LogP contribution >= 0.6 is 0 Å². The van der Waals surface area contributed by atoms with Gasteiger partial charge >= 0.3 is 11.9 Å². The number of ketones is 1. The summed E-state index contributed by atoms with van der Waals surface area (Å²) in [6, 6.07) is 13.2. The average Bonchev–Trinajstić information content (AvgIpc) is 2.55. The van der Waals surface area contributed by atoms with Crippen LogP contribution in [0.2, 0.25) is 0 Å². The Morgan fingerprint density at radius 1 is 1.09 bits per heavy atom. The Hall–Kier alpha value is -2.95. The maximum Gasteiger partial charge on any atom is 0.353 e. The number of Topliss-reactive ketones (excluding diaryl/α,β-unsaturated/α-hetero) is 1. The number of fused-ring (bicyclic) bond motifs is 1. The van der Waals surface area contributed by atoms with E-state index in [-0.39, 0.29) is 12.2 Å². The second-order valence-electron chi connectivity index (χ2n) is 5.26. The summed E-state index contributed by atoms with van der Waals surface area (Å²) < 4.78 is 10.4. The van der Waals surface area contributed by atoms with Crippen LogP contribution in [0.4, 0.5) is 0 Å². The molecule has 0 spiro atoms. The molecular weight excluding hydrogens is 296 g/mol. The first-order valence-corrected chi connectivity index (χ1v) is 7.16. The predicted molar refractivity (Wildman–Crippen MR) is 81.4 cm³/mol. The van der Waals surface area contributed by atoms with E-state index in [2.05, 4.69) is 0 Å². The molecule has 5 heteroatoms. The van der Waals surface area contributed by atoms with Crippen molar-refractivity contribution < 1.29 is 23.9 Å². The van der Waals surface area contributed by atoms with Crippen molar-refractivity contribution >= 4 is 17.7 Å². The fraction of sp³-hybridized carbons (Fsp3) is 0.167. The minimum atomic E-state index is -0.968. The second kappa shape index (κ2) is 6.04. The molecule has 1 heterocycles. The maximum atomic E-state index is 12.2. The van der Waals surface area contributed by atoms with Crippen LogP contribution in [0.3, 0.4) is 0 Å². The minimum absolute atomic E-state index is 0.0688. The molecule has 1 aliphatic rings. The molecule has 2 aromatic rings. The topological polar surface area (TPSA) is 69.7 Å². The number of esters is 2. The van der Waals surface area contributed by atoms with Crippen molar-refractivity contribution in [3.8, 4) is 5.75 Å². The van der Waals surface area contributed by atoms with Crippen molar-refractivity contribution in [3.05, 3.63) is 65.2 Å². The lowest BCUT2D eigenvalue weighted by molar-refractivity contribution is -0.144. The van der Waals surface area contributed by atoms with E-state index in [4.69, 9.17) is 9.47 Å². The van der Waals surface area contributed by atoms with Crippen LogP contribution < -0.4 is 4.74 Å². The Balaban J connectivity index is 1.72. The largest absolute Gasteiger partial charge is 0.446 e. The molecule has 23 heavy (non-hydrogen) atoms. The van der Waals surface area contributed by atoms with Gasteiger partial charge in [-0.2, -0.15) is 0 Å². The van der Waals surface area contributed by atoms with Crippen LogP contribution in [0.25, 0.3) is 0 Å². The molecule has 0 aliphatic carbocycles. The Labute approximate surface area is 132 Å². The van der Waals surface area contributed by atoms with Gasteiger partial charge in [-0.05, 0) is 42.8 Å². The molecule has 0 radical (unpaired) electrons. The molecule has 0 unspecified atom stereocenters. The standard InChI is InChI=1S/C18H14O5/c1-11(19)12-6-8-14(9-7-12)22-18(21)16-10-13-4-2-3-5-15(13)17(20)23-16/h2-9,16H,10H2,1H3/t16-/m1/s1. The summed E-state index contributed by atoms with van der Waals surface area (Å²) in [7, 11) is 0. The lowest BCUT2D eigenvalue weighted by Gasteiger charge is -2.23. The van der Waals surface area contributed by atoms with E-state index < -0.39 is 18.0 Å². The average molecular weight is 310 g/mol. The molecule has 0 aromatic heterocycles. The molecular formula is C18H14O5. The summed E-state index contributed by atoms with van der Waals surface area (Å²) in [6.45, 7) is 1.46. The maximum absolute atomic E-state index is 12.2. The van der Waals surface area contributed by atoms with Gasteiger partial charge < -0.3 is 9.47 Å². The van der Waals surface area contributed by atoms with E-state index in [0.717, 1.165) is 5.56 Å². The first kappa shape index (κ1) is 15.0. The third-order valence-electron chi connectivity index (χ3n) is 3.63. The molecule has 1 aliphatic heterocycles. The number of rotatable bonds is 3. The van der Waals surface area contributed by atoms with Crippen LogP contribution in [0, 0.1) is 0 Å². The molecule has 1 atom stereocenters. The molecule has 2 aromatic carbocycles. The zero-order valence-corrected chi connectivity index (χ0v) is 12.4. The molecule has 0 bridgehead atoms. The number of benzene rings is 2. The molecule has 0 saturated heterocycles. The number of hydrogen-bond acceptors (Lipinski definition) is 5. The highest BCUT2D eigenvalue weighted by molar-refractivity contribution is 5.95. The van der Waals surface area contributed by atoms with Crippen LogP contribution in [-0.2, 0) is 16.0 Å². The van der Waals surface area contributed by atoms with Gasteiger partial charge in [-0.3, -0.25) is 4.79 Å². The molecule has 0 amide bonds. The van der Waals surface area contributed by atoms with Crippen molar-refractivity contribution in [2.45, 2.75) is 19.4 Å². The summed E-state index contributed by atoms with van der Waals surface area (Å²) in [6.07, 6.45) is -0.684. The number of ether oxygens (including phenoxy) is 2. The first-order chi connectivity index (χ1) is 11.0. The fourth-order valence-electron chi connectivity index (χ4n) is 2.40. The summed E-state index contributed by atoms with van der Waals surface area (Å²) in [4.78, 5) is 35.3. The van der Waals surface area contributed by atoms with E-state index in [0.29, 0.717) is 16.9 Å². The van der Waals surface area contributed by atoms with Gasteiger partial charge in [-0.25, -0.2) is 9.59 Å². The van der Waals surface area contributed by atoms with E-state index >= 15 is 0 Å². The number of cyclic esters (lactones) is 1. The van der Waals surface area contributed by atoms with Gasteiger partial charge in [-0.1, -0.05) is 18.2 Å². The molecule has 116 valence electrons. The Bertz CT molecular complexity index is 776. The van der Waals surface area contributed by atoms with Gasteiger partial charge in [0.2, 0.25) is 6.10 Å². The summed E-state index contributed by atoms with van der Waals surface area (Å²) in [5, 5.41) is 0. The third-order valence-corrected chi connectivity index (χ3v) is 3.63. The van der Waals surface area contributed by atoms with Crippen LogP contribution in [0.1, 0.15) is 33.2 Å². The van der Waals surface area contributed by atoms with E-state index in [9.17, 15) is 14.4 Å². The fourth-order valence-corrected chi connectivity index (χ4v) is 2.40. The van der Waals surface area contributed by atoms with Gasteiger partial charge in [0.25, 0.3) is 0 Å². The quantitative estimate of drug-likeness (QED) is 0.495. The van der Waals surface area contributed by atoms with E-state index in [1.54, 1.807) is 36.4 Å². The molecule has 0 saturated carbocycles. The van der Waals surface area contributed by atoms with Gasteiger partial charge in [0, 0.05) is 12.0 Å². The van der Waals surface area contributed by atoms with Crippen LogP contribution in [0.15, 0.2) is 48.5 Å². The van der Waals surface area contributed by atoms with Gasteiger partial charge in [0.15, 0.2) is 5.78 Å². The third kappa shape index (κ3) is 3.13. The van der Waals surface area contributed by atoms with Crippen LogP contribution in [-0.4, -0.2) is 23.8 Å². The van der Waals surface area contributed by atoms with Gasteiger partial charge in [0.05, 0.1) is 5.56 Å². The van der Waals surface area contributed by atoms with Crippen molar-refractivity contribution in [1.29, 1.82) is 0 Å². The molecule has 0 N–H and O–H groups in total. The van der Waals surface area contributed by atoms with Gasteiger partial charge in [0.1, 0.15) is 5.75 Å².